The molecule has 2 heterocycles. The van der Waals surface area contributed by atoms with Crippen LogP contribution in [0, 0.1) is 0 Å². The Labute approximate surface area is 125 Å². The van der Waals surface area contributed by atoms with Crippen molar-refractivity contribution in [1.29, 1.82) is 0 Å². The van der Waals surface area contributed by atoms with Gasteiger partial charge in [-0.05, 0) is 18.1 Å². The van der Waals surface area contributed by atoms with E-state index in [0.29, 0.717) is 0 Å². The van der Waals surface area contributed by atoms with E-state index in [1.807, 2.05) is 32.2 Å². The fourth-order valence-electron chi connectivity index (χ4n) is 3.07. The lowest BCUT2D eigenvalue weighted by molar-refractivity contribution is 0.262. The summed E-state index contributed by atoms with van der Waals surface area (Å²) in [5.41, 5.74) is 3.68. The van der Waals surface area contributed by atoms with Gasteiger partial charge in [0.05, 0.1) is 31.1 Å². The highest BCUT2D eigenvalue weighted by Gasteiger charge is 2.29. The highest BCUT2D eigenvalue weighted by atomic mass is 16.3. The smallest absolute Gasteiger partial charge is 0.204 e. The Morgan fingerprint density at radius 3 is 2.76 bits per heavy atom. The number of benzene rings is 1. The molecular weight excluding hydrogens is 264 g/mol. The van der Waals surface area contributed by atoms with Gasteiger partial charge in [0.25, 0.3) is 0 Å². The molecule has 0 bridgehead atoms. The van der Waals surface area contributed by atoms with Crippen LogP contribution in [0.25, 0.3) is 0 Å². The van der Waals surface area contributed by atoms with Gasteiger partial charge >= 0.3 is 0 Å². The molecule has 1 aromatic carbocycles. The first-order chi connectivity index (χ1) is 10.1. The van der Waals surface area contributed by atoms with Gasteiger partial charge in [-0.25, -0.2) is 4.98 Å². The molecule has 0 saturated heterocycles. The molecule has 0 radical (unpaired) electrons. The van der Waals surface area contributed by atoms with Crippen LogP contribution in [0.2, 0.25) is 0 Å². The van der Waals surface area contributed by atoms with E-state index >= 15 is 0 Å². The van der Waals surface area contributed by atoms with Gasteiger partial charge in [-0.1, -0.05) is 18.2 Å². The topological polar surface area (TPSA) is 44.5 Å². The summed E-state index contributed by atoms with van der Waals surface area (Å²) in [5.74, 6) is 0.943. The van der Waals surface area contributed by atoms with Crippen LogP contribution in [0.1, 0.15) is 11.3 Å². The normalized spacial score (nSPS) is 17.1. The number of aliphatic hydroxyl groups excluding tert-OH is 1. The van der Waals surface area contributed by atoms with Crippen LogP contribution in [0.5, 0.6) is 0 Å². The molecule has 2 aromatic rings. The van der Waals surface area contributed by atoms with Crippen molar-refractivity contribution in [3.05, 3.63) is 41.7 Å². The van der Waals surface area contributed by atoms with Crippen LogP contribution in [-0.4, -0.2) is 41.4 Å². The number of aliphatic hydroxyl groups is 1. The van der Waals surface area contributed by atoms with Gasteiger partial charge in [0.1, 0.15) is 0 Å². The number of fused-ring (bicyclic) bond motifs is 1. The van der Waals surface area contributed by atoms with Gasteiger partial charge in [-0.15, -0.1) is 0 Å². The third-order valence-electron chi connectivity index (χ3n) is 4.20. The summed E-state index contributed by atoms with van der Waals surface area (Å²) in [6.45, 7) is 0.937. The largest absolute Gasteiger partial charge is 0.394 e. The third-order valence-corrected chi connectivity index (χ3v) is 4.20. The first kappa shape index (κ1) is 13.9. The molecule has 0 fully saturated rings. The maximum atomic E-state index is 9.68. The maximum Gasteiger partial charge on any atom is 0.204 e. The number of para-hydroxylation sites is 1. The lowest BCUT2D eigenvalue weighted by atomic mass is 10.1. The van der Waals surface area contributed by atoms with E-state index in [1.54, 1.807) is 0 Å². The summed E-state index contributed by atoms with van der Waals surface area (Å²) in [6, 6.07) is 8.55. The van der Waals surface area contributed by atoms with Gasteiger partial charge in [0, 0.05) is 26.8 Å². The highest BCUT2D eigenvalue weighted by molar-refractivity contribution is 5.59. The Morgan fingerprint density at radius 2 is 2.10 bits per heavy atom. The molecule has 0 saturated carbocycles. The van der Waals surface area contributed by atoms with Crippen LogP contribution in [0.4, 0.5) is 11.6 Å². The number of hydrogen-bond donors (Lipinski definition) is 1. The van der Waals surface area contributed by atoms with Crippen molar-refractivity contribution in [1.82, 2.24) is 9.55 Å². The van der Waals surface area contributed by atoms with Gasteiger partial charge in [-0.3, -0.25) is 0 Å². The fourth-order valence-corrected chi connectivity index (χ4v) is 3.07. The van der Waals surface area contributed by atoms with Gasteiger partial charge in [-0.2, -0.15) is 0 Å². The molecular formula is C16H22N4O. The van der Waals surface area contributed by atoms with Crippen molar-refractivity contribution >= 4 is 11.6 Å². The number of rotatable bonds is 4. The second-order valence-electron chi connectivity index (χ2n) is 5.80. The zero-order valence-corrected chi connectivity index (χ0v) is 12.8. The first-order valence-corrected chi connectivity index (χ1v) is 7.25. The fraction of sp³-hybridized carbons (Fsp3) is 0.438. The van der Waals surface area contributed by atoms with Crippen molar-refractivity contribution in [3.63, 3.8) is 0 Å². The SMILES string of the molecule is CN(C)c1ncc(CN2c3ccccc3CC2CO)n1C. The Morgan fingerprint density at radius 1 is 1.33 bits per heavy atom. The van der Waals surface area contributed by atoms with Crippen molar-refractivity contribution in [2.45, 2.75) is 19.0 Å². The van der Waals surface area contributed by atoms with E-state index in [1.165, 1.54) is 11.3 Å². The van der Waals surface area contributed by atoms with Gasteiger partial charge in [0.15, 0.2) is 0 Å². The molecule has 1 aromatic heterocycles. The molecule has 3 rings (SSSR count). The predicted molar refractivity (Wildman–Crippen MR) is 84.7 cm³/mol. The number of aromatic nitrogens is 2. The zero-order valence-electron chi connectivity index (χ0n) is 12.8. The molecule has 5 nitrogen and oxygen atoms in total. The third kappa shape index (κ3) is 2.38. The Kier molecular flexibility index (Phi) is 3.59. The van der Waals surface area contributed by atoms with Crippen LogP contribution in [0.15, 0.2) is 30.5 Å². The number of hydrogen-bond acceptors (Lipinski definition) is 4. The quantitative estimate of drug-likeness (QED) is 0.923. The monoisotopic (exact) mass is 286 g/mol. The van der Waals surface area contributed by atoms with Crippen LogP contribution in [-0.2, 0) is 20.0 Å². The van der Waals surface area contributed by atoms with E-state index in [4.69, 9.17) is 0 Å². The number of imidazole rings is 1. The minimum absolute atomic E-state index is 0.153. The minimum Gasteiger partial charge on any atom is -0.394 e. The molecule has 5 heteroatoms. The molecule has 0 aliphatic carbocycles. The van der Waals surface area contributed by atoms with Gasteiger partial charge < -0.3 is 19.5 Å². The maximum absolute atomic E-state index is 9.68. The molecule has 1 aliphatic heterocycles. The molecule has 21 heavy (non-hydrogen) atoms. The molecule has 0 amide bonds. The van der Waals surface area contributed by atoms with Crippen molar-refractivity contribution < 1.29 is 5.11 Å². The lowest BCUT2D eigenvalue weighted by Gasteiger charge is -2.26. The van der Waals surface area contributed by atoms with E-state index < -0.39 is 0 Å². The Hall–Kier alpha value is -2.01. The first-order valence-electron chi connectivity index (χ1n) is 7.25. The Balaban J connectivity index is 1.90. The second-order valence-corrected chi connectivity index (χ2v) is 5.80. The Bertz CT molecular complexity index is 635. The van der Waals surface area contributed by atoms with Crippen molar-refractivity contribution in [2.24, 2.45) is 7.05 Å². The second kappa shape index (κ2) is 5.41. The molecule has 1 atom stereocenters. The lowest BCUT2D eigenvalue weighted by Crippen LogP contribution is -2.35. The van der Waals surface area contributed by atoms with E-state index in [9.17, 15) is 5.11 Å². The van der Waals surface area contributed by atoms with E-state index in [0.717, 1.165) is 24.6 Å². The summed E-state index contributed by atoms with van der Waals surface area (Å²) < 4.78 is 2.11. The zero-order chi connectivity index (χ0) is 15.0. The van der Waals surface area contributed by atoms with Gasteiger partial charge in [0.2, 0.25) is 5.95 Å². The summed E-state index contributed by atoms with van der Waals surface area (Å²) in [6.07, 6.45) is 2.83. The van der Waals surface area contributed by atoms with E-state index in [-0.39, 0.29) is 12.6 Å². The summed E-state index contributed by atoms with van der Waals surface area (Å²) >= 11 is 0. The molecule has 1 aliphatic rings. The van der Waals surface area contributed by atoms with Crippen LogP contribution >= 0.6 is 0 Å². The minimum atomic E-state index is 0.153. The standard InChI is InChI=1S/C16H22N4O/c1-18(2)16-17-9-14(19(16)3)10-20-13(11-21)8-12-6-4-5-7-15(12)20/h4-7,9,13,21H,8,10-11H2,1-3H3. The number of nitrogens with zero attached hydrogens (tertiary/aromatic N) is 4. The van der Waals surface area contributed by atoms with Crippen molar-refractivity contribution in [2.75, 3.05) is 30.5 Å². The highest BCUT2D eigenvalue weighted by Crippen LogP contribution is 2.33. The average molecular weight is 286 g/mol. The number of anilines is 2. The molecule has 112 valence electrons. The van der Waals surface area contributed by atoms with Crippen LogP contribution in [0.3, 0.4) is 0 Å². The van der Waals surface area contributed by atoms with Crippen molar-refractivity contribution in [3.8, 4) is 0 Å². The molecule has 1 N–H and O–H groups in total. The molecule has 0 spiro atoms. The predicted octanol–water partition coefficient (Wildman–Crippen LogP) is 1.41. The summed E-state index contributed by atoms with van der Waals surface area (Å²) in [7, 11) is 6.02. The van der Waals surface area contributed by atoms with E-state index in [2.05, 4.69) is 38.7 Å². The summed E-state index contributed by atoms with van der Waals surface area (Å²) in [5, 5.41) is 9.68. The molecule has 1 unspecified atom stereocenters. The summed E-state index contributed by atoms with van der Waals surface area (Å²) in [4.78, 5) is 8.75. The average Bonchev–Trinajstić information content (AvgIpc) is 3.01. The van der Waals surface area contributed by atoms with Crippen LogP contribution < -0.4 is 9.80 Å².